The van der Waals surface area contributed by atoms with Crippen LogP contribution < -0.4 is 4.74 Å². The smallest absolute Gasteiger partial charge is 0.308 e. The van der Waals surface area contributed by atoms with Gasteiger partial charge in [0.15, 0.2) is 5.76 Å². The molecule has 0 aromatic heterocycles. The number of esters is 1. The number of carbonyl (C=O) groups is 1. The summed E-state index contributed by atoms with van der Waals surface area (Å²) in [5.41, 5.74) is 3.03. The summed E-state index contributed by atoms with van der Waals surface area (Å²) in [6.07, 6.45) is 0. The minimum absolute atomic E-state index is 0.341. The highest BCUT2D eigenvalue weighted by Gasteiger charge is 2.13. The van der Waals surface area contributed by atoms with Gasteiger partial charge in [-0.3, -0.25) is 4.79 Å². The molecule has 0 radical (unpaired) electrons. The molecule has 0 saturated heterocycles. The second kappa shape index (κ2) is 7.45. The summed E-state index contributed by atoms with van der Waals surface area (Å²) < 4.78 is 11.5. The van der Waals surface area contributed by atoms with E-state index in [0.29, 0.717) is 5.76 Å². The number of rotatable bonds is 4. The van der Waals surface area contributed by atoms with Crippen molar-refractivity contribution in [3.63, 3.8) is 0 Å². The highest BCUT2D eigenvalue weighted by Crippen LogP contribution is 2.33. The van der Waals surface area contributed by atoms with Crippen molar-refractivity contribution in [2.75, 3.05) is 7.11 Å². The molecule has 0 fully saturated rings. The van der Waals surface area contributed by atoms with E-state index in [1.807, 2.05) is 55.5 Å². The van der Waals surface area contributed by atoms with E-state index in [1.165, 1.54) is 12.5 Å². The van der Waals surface area contributed by atoms with Gasteiger partial charge in [0, 0.05) is 12.5 Å². The first-order chi connectivity index (χ1) is 10.5. The van der Waals surface area contributed by atoms with Crippen LogP contribution in [0.2, 0.25) is 0 Å². The van der Waals surface area contributed by atoms with E-state index in [2.05, 4.69) is 22.6 Å². The molecule has 22 heavy (non-hydrogen) atoms. The predicted octanol–water partition coefficient (Wildman–Crippen LogP) is 4.83. The summed E-state index contributed by atoms with van der Waals surface area (Å²) in [4.78, 5) is 11.5. The van der Waals surface area contributed by atoms with Gasteiger partial charge in [0.1, 0.15) is 5.75 Å². The van der Waals surface area contributed by atoms with Gasteiger partial charge in [-0.15, -0.1) is 0 Å². The Balaban J connectivity index is 2.49. The van der Waals surface area contributed by atoms with Gasteiger partial charge < -0.3 is 9.47 Å². The maximum absolute atomic E-state index is 11.5. The van der Waals surface area contributed by atoms with Crippen LogP contribution in [0.3, 0.4) is 0 Å². The topological polar surface area (TPSA) is 35.5 Å². The van der Waals surface area contributed by atoms with E-state index in [0.717, 1.165) is 20.5 Å². The molecule has 2 rings (SSSR count). The van der Waals surface area contributed by atoms with Crippen LogP contribution in [0, 0.1) is 6.92 Å². The molecule has 0 aliphatic rings. The monoisotopic (exact) mass is 408 g/mol. The third-order valence-electron chi connectivity index (χ3n) is 3.10. The number of halogens is 1. The molecule has 0 aliphatic heterocycles. The Labute approximate surface area is 144 Å². The van der Waals surface area contributed by atoms with Crippen LogP contribution in [0.1, 0.15) is 23.6 Å². The van der Waals surface area contributed by atoms with Gasteiger partial charge in [-0.25, -0.2) is 0 Å². The number of carbonyl (C=O) groups excluding carboxylic acids is 1. The largest absolute Gasteiger partial charge is 0.497 e. The molecule has 0 unspecified atom stereocenters. The minimum Gasteiger partial charge on any atom is -0.497 e. The Morgan fingerprint density at radius 3 is 2.00 bits per heavy atom. The lowest BCUT2D eigenvalue weighted by molar-refractivity contribution is -0.134. The van der Waals surface area contributed by atoms with Crippen molar-refractivity contribution >= 4 is 37.9 Å². The second-order valence-electron chi connectivity index (χ2n) is 4.83. The van der Waals surface area contributed by atoms with Crippen LogP contribution in [0.5, 0.6) is 5.75 Å². The van der Waals surface area contributed by atoms with E-state index in [4.69, 9.17) is 9.47 Å². The Hall–Kier alpha value is -1.82. The third kappa shape index (κ3) is 4.10. The first kappa shape index (κ1) is 16.5. The Morgan fingerprint density at radius 1 is 0.955 bits per heavy atom. The van der Waals surface area contributed by atoms with E-state index < -0.39 is 0 Å². The first-order valence-electron chi connectivity index (χ1n) is 6.81. The van der Waals surface area contributed by atoms with Gasteiger partial charge in [0.25, 0.3) is 0 Å². The maximum atomic E-state index is 11.5. The van der Waals surface area contributed by atoms with Gasteiger partial charge in [-0.05, 0) is 59.3 Å². The molecule has 0 amide bonds. The zero-order valence-corrected chi connectivity index (χ0v) is 14.9. The lowest BCUT2D eigenvalue weighted by atomic mass is 10.1. The second-order valence-corrected chi connectivity index (χ2v) is 5.91. The summed E-state index contributed by atoms with van der Waals surface area (Å²) in [6, 6.07) is 15.6. The zero-order chi connectivity index (χ0) is 16.1. The number of ether oxygens (including phenoxy) is 2. The van der Waals surface area contributed by atoms with Crippen molar-refractivity contribution in [1.82, 2.24) is 0 Å². The van der Waals surface area contributed by atoms with Crippen LogP contribution in [0.15, 0.2) is 48.5 Å². The first-order valence-corrected chi connectivity index (χ1v) is 7.89. The number of benzene rings is 2. The summed E-state index contributed by atoms with van der Waals surface area (Å²) in [6.45, 7) is 3.44. The number of methoxy groups -OCH3 is 1. The Kier molecular flexibility index (Phi) is 5.60. The van der Waals surface area contributed by atoms with E-state index in [9.17, 15) is 4.79 Å². The van der Waals surface area contributed by atoms with Gasteiger partial charge in [0.05, 0.1) is 10.7 Å². The van der Waals surface area contributed by atoms with Crippen molar-refractivity contribution in [1.29, 1.82) is 0 Å². The zero-order valence-electron chi connectivity index (χ0n) is 12.7. The van der Waals surface area contributed by atoms with Gasteiger partial charge in [-0.1, -0.05) is 29.8 Å². The number of hydrogen-bond acceptors (Lipinski definition) is 3. The summed E-state index contributed by atoms with van der Waals surface area (Å²) in [7, 11) is 1.62. The molecule has 0 heterocycles. The molecule has 114 valence electrons. The van der Waals surface area contributed by atoms with Gasteiger partial charge in [-0.2, -0.15) is 0 Å². The fourth-order valence-corrected chi connectivity index (χ4v) is 2.73. The van der Waals surface area contributed by atoms with Crippen LogP contribution in [-0.2, 0) is 9.53 Å². The molecule has 0 N–H and O–H groups in total. The average molecular weight is 408 g/mol. The van der Waals surface area contributed by atoms with Crippen molar-refractivity contribution in [2.24, 2.45) is 0 Å². The van der Waals surface area contributed by atoms with Crippen LogP contribution in [0.25, 0.3) is 9.34 Å². The lowest BCUT2D eigenvalue weighted by Crippen LogP contribution is -2.00. The molecule has 4 heteroatoms. The minimum atomic E-state index is -0.341. The summed E-state index contributed by atoms with van der Waals surface area (Å²) in [5.74, 6) is 0.975. The fourth-order valence-electron chi connectivity index (χ4n) is 1.95. The van der Waals surface area contributed by atoms with Crippen LogP contribution in [-0.4, -0.2) is 13.1 Å². The summed E-state index contributed by atoms with van der Waals surface area (Å²) in [5, 5.41) is 0. The Bertz CT molecular complexity index is 685. The predicted molar refractivity (Wildman–Crippen MR) is 96.8 cm³/mol. The SMILES string of the molecule is COc1ccc(/C(OC(C)=O)=C(\I)c2ccc(C)cc2)cc1. The fraction of sp³-hybridized carbons (Fsp3) is 0.167. The molecule has 0 saturated carbocycles. The summed E-state index contributed by atoms with van der Waals surface area (Å²) >= 11 is 2.21. The van der Waals surface area contributed by atoms with Crippen LogP contribution in [0.4, 0.5) is 0 Å². The lowest BCUT2D eigenvalue weighted by Gasteiger charge is -2.12. The van der Waals surface area contributed by atoms with Gasteiger partial charge >= 0.3 is 5.97 Å². The number of hydrogen-bond donors (Lipinski definition) is 0. The molecule has 3 nitrogen and oxygen atoms in total. The van der Waals surface area contributed by atoms with E-state index in [-0.39, 0.29) is 5.97 Å². The van der Waals surface area contributed by atoms with E-state index in [1.54, 1.807) is 7.11 Å². The highest BCUT2D eigenvalue weighted by atomic mass is 127. The van der Waals surface area contributed by atoms with Crippen molar-refractivity contribution in [2.45, 2.75) is 13.8 Å². The molecular formula is C18H17IO3. The molecule has 2 aromatic rings. The molecule has 0 bridgehead atoms. The Morgan fingerprint density at radius 2 is 1.50 bits per heavy atom. The van der Waals surface area contributed by atoms with Crippen molar-refractivity contribution in [3.05, 3.63) is 65.2 Å². The van der Waals surface area contributed by atoms with Crippen molar-refractivity contribution in [3.8, 4) is 5.75 Å². The highest BCUT2D eigenvalue weighted by molar-refractivity contribution is 14.1. The molecule has 0 atom stereocenters. The normalized spacial score (nSPS) is 11.6. The molecule has 2 aromatic carbocycles. The van der Waals surface area contributed by atoms with E-state index >= 15 is 0 Å². The maximum Gasteiger partial charge on any atom is 0.308 e. The van der Waals surface area contributed by atoms with Gasteiger partial charge in [0.2, 0.25) is 0 Å². The average Bonchev–Trinajstić information content (AvgIpc) is 2.53. The molecular weight excluding hydrogens is 391 g/mol. The number of aryl methyl sites for hydroxylation is 1. The standard InChI is InChI=1S/C18H17IO3/c1-12-4-6-14(7-5-12)17(19)18(22-13(2)20)15-8-10-16(21-3)11-9-15/h4-11H,1-3H3/b18-17+. The van der Waals surface area contributed by atoms with Crippen molar-refractivity contribution < 1.29 is 14.3 Å². The quantitative estimate of drug-likeness (QED) is 0.315. The molecule has 0 aliphatic carbocycles. The third-order valence-corrected chi connectivity index (χ3v) is 4.22. The van der Waals surface area contributed by atoms with Crippen LogP contribution >= 0.6 is 22.6 Å². The molecule has 0 spiro atoms.